The van der Waals surface area contributed by atoms with E-state index >= 15 is 0 Å². The van der Waals surface area contributed by atoms with E-state index in [1.54, 1.807) is 0 Å². The molecule has 19 heavy (non-hydrogen) atoms. The third-order valence-corrected chi connectivity index (χ3v) is 8.53. The summed E-state index contributed by atoms with van der Waals surface area (Å²) >= 11 is 0. The molecule has 1 aliphatic rings. The third kappa shape index (κ3) is 3.79. The minimum absolute atomic E-state index is 0.0205. The Kier molecular flexibility index (Phi) is 4.79. The van der Waals surface area contributed by atoms with Crippen LogP contribution in [0.25, 0.3) is 0 Å². The minimum Gasteiger partial charge on any atom is -0.468 e. The minimum atomic E-state index is -1.95. The molecular weight excluding hydrogens is 262 g/mol. The largest absolute Gasteiger partial charge is 0.468 e. The molecule has 0 radical (unpaired) electrons. The summed E-state index contributed by atoms with van der Waals surface area (Å²) in [5.74, 6) is -0.475. The highest BCUT2D eigenvalue weighted by atomic mass is 28.4. The normalized spacial score (nSPS) is 20.8. The highest BCUT2D eigenvalue weighted by molar-refractivity contribution is 6.74. The van der Waals surface area contributed by atoms with Gasteiger partial charge in [0.05, 0.1) is 7.11 Å². The molecule has 0 aliphatic carbocycles. The fourth-order valence-electron chi connectivity index (χ4n) is 1.73. The van der Waals surface area contributed by atoms with Gasteiger partial charge >= 0.3 is 5.97 Å². The average Bonchev–Trinajstić information content (AvgIpc) is 2.59. The first-order valence-electron chi connectivity index (χ1n) is 6.62. The van der Waals surface area contributed by atoms with Crippen LogP contribution >= 0.6 is 0 Å². The Morgan fingerprint density at radius 3 is 2.47 bits per heavy atom. The number of carbonyl (C=O) groups is 2. The average molecular weight is 287 g/mol. The molecule has 1 fully saturated rings. The standard InChI is InChI=1S/C13H25NO4Si/c1-13(2,3)19(5,6)18-10-7-8-14(12(10)16)9-11(15)17-4/h10H,7-9H2,1-6H3/t10-/m0/s1. The fraction of sp³-hybridized carbons (Fsp3) is 0.846. The molecule has 0 spiro atoms. The summed E-state index contributed by atoms with van der Waals surface area (Å²) in [4.78, 5) is 24.9. The van der Waals surface area contributed by atoms with E-state index < -0.39 is 14.4 Å². The van der Waals surface area contributed by atoms with Crippen LogP contribution in [0, 0.1) is 0 Å². The van der Waals surface area contributed by atoms with Crippen LogP contribution in [0.3, 0.4) is 0 Å². The molecule has 0 N–H and O–H groups in total. The lowest BCUT2D eigenvalue weighted by atomic mass is 10.2. The van der Waals surface area contributed by atoms with E-state index in [2.05, 4.69) is 38.6 Å². The molecular formula is C13H25NO4Si. The smallest absolute Gasteiger partial charge is 0.325 e. The molecule has 0 bridgehead atoms. The quantitative estimate of drug-likeness (QED) is 0.584. The number of methoxy groups -OCH3 is 1. The monoisotopic (exact) mass is 287 g/mol. The molecule has 1 saturated heterocycles. The van der Waals surface area contributed by atoms with Crippen LogP contribution in [0.4, 0.5) is 0 Å². The predicted molar refractivity (Wildman–Crippen MR) is 75.3 cm³/mol. The maximum absolute atomic E-state index is 12.2. The molecule has 1 amide bonds. The van der Waals surface area contributed by atoms with Gasteiger partial charge in [-0.25, -0.2) is 0 Å². The molecule has 1 atom stereocenters. The second-order valence-corrected chi connectivity index (χ2v) is 11.2. The van der Waals surface area contributed by atoms with Crippen molar-refractivity contribution in [3.05, 3.63) is 0 Å². The molecule has 0 aromatic rings. The summed E-state index contributed by atoms with van der Waals surface area (Å²) in [6.45, 7) is 11.3. The Balaban J connectivity index is 2.64. The number of likely N-dealkylation sites (tertiary alicyclic amines) is 1. The van der Waals surface area contributed by atoms with Gasteiger partial charge in [-0.2, -0.15) is 0 Å². The molecule has 6 heteroatoms. The number of rotatable bonds is 4. The lowest BCUT2D eigenvalue weighted by molar-refractivity contribution is -0.146. The van der Waals surface area contributed by atoms with Gasteiger partial charge in [0.1, 0.15) is 12.6 Å². The first-order valence-corrected chi connectivity index (χ1v) is 9.53. The number of hydrogen-bond donors (Lipinski definition) is 0. The van der Waals surface area contributed by atoms with Crippen LogP contribution in [0.5, 0.6) is 0 Å². The van der Waals surface area contributed by atoms with Crippen molar-refractivity contribution in [2.24, 2.45) is 0 Å². The molecule has 1 rings (SSSR count). The molecule has 0 aromatic heterocycles. The van der Waals surface area contributed by atoms with E-state index in [0.717, 1.165) is 0 Å². The Morgan fingerprint density at radius 1 is 1.42 bits per heavy atom. The Bertz CT molecular complexity index is 362. The zero-order valence-electron chi connectivity index (χ0n) is 12.8. The van der Waals surface area contributed by atoms with Gasteiger partial charge in [-0.15, -0.1) is 0 Å². The van der Waals surface area contributed by atoms with Crippen LogP contribution in [0.1, 0.15) is 27.2 Å². The molecule has 1 heterocycles. The fourth-order valence-corrected chi connectivity index (χ4v) is 3.01. The molecule has 5 nitrogen and oxygen atoms in total. The van der Waals surface area contributed by atoms with E-state index in [4.69, 9.17) is 4.43 Å². The first-order chi connectivity index (χ1) is 8.58. The zero-order chi connectivity index (χ0) is 14.8. The lowest BCUT2D eigenvalue weighted by Gasteiger charge is -2.37. The second kappa shape index (κ2) is 5.62. The molecule has 1 aliphatic heterocycles. The van der Waals surface area contributed by atoms with Crippen LogP contribution in [0.2, 0.25) is 18.1 Å². The molecule has 0 saturated carbocycles. The number of hydrogen-bond acceptors (Lipinski definition) is 4. The van der Waals surface area contributed by atoms with Gasteiger partial charge in [0.2, 0.25) is 0 Å². The maximum Gasteiger partial charge on any atom is 0.325 e. The van der Waals surface area contributed by atoms with Crippen molar-refractivity contribution in [2.75, 3.05) is 20.2 Å². The summed E-state index contributed by atoms with van der Waals surface area (Å²) in [5.41, 5.74) is 0. The number of carbonyl (C=O) groups excluding carboxylic acids is 2. The summed E-state index contributed by atoms with van der Waals surface area (Å²) < 4.78 is 10.7. The van der Waals surface area contributed by atoms with E-state index in [1.165, 1.54) is 12.0 Å². The lowest BCUT2D eigenvalue weighted by Crippen LogP contribution is -2.46. The highest BCUT2D eigenvalue weighted by Gasteiger charge is 2.43. The Labute approximate surface area is 116 Å². The molecule has 0 aromatic carbocycles. The Morgan fingerprint density at radius 2 is 2.00 bits per heavy atom. The maximum atomic E-state index is 12.2. The summed E-state index contributed by atoms with van der Waals surface area (Å²) in [6.07, 6.45) is 0.257. The van der Waals surface area contributed by atoms with Gasteiger partial charge in [-0.1, -0.05) is 20.8 Å². The van der Waals surface area contributed by atoms with Crippen molar-refractivity contribution in [2.45, 2.75) is 51.4 Å². The Hall–Kier alpha value is -0.883. The number of esters is 1. The van der Waals surface area contributed by atoms with Gasteiger partial charge in [0.25, 0.3) is 5.91 Å². The third-order valence-electron chi connectivity index (χ3n) is 4.04. The summed E-state index contributed by atoms with van der Waals surface area (Å²) in [6, 6.07) is 0. The summed E-state index contributed by atoms with van der Waals surface area (Å²) in [7, 11) is -0.627. The SMILES string of the molecule is COC(=O)CN1CC[C@H](O[Si](C)(C)C(C)(C)C)C1=O. The topological polar surface area (TPSA) is 55.8 Å². The molecule has 110 valence electrons. The van der Waals surface area contributed by atoms with E-state index in [1.807, 2.05) is 0 Å². The molecule has 0 unspecified atom stereocenters. The van der Waals surface area contributed by atoms with Crippen molar-refractivity contribution in [1.29, 1.82) is 0 Å². The van der Waals surface area contributed by atoms with E-state index in [-0.39, 0.29) is 23.5 Å². The van der Waals surface area contributed by atoms with Gasteiger partial charge in [0.15, 0.2) is 8.32 Å². The van der Waals surface area contributed by atoms with Crippen LogP contribution in [0.15, 0.2) is 0 Å². The van der Waals surface area contributed by atoms with Crippen LogP contribution in [-0.2, 0) is 18.8 Å². The first kappa shape index (κ1) is 16.2. The highest BCUT2D eigenvalue weighted by Crippen LogP contribution is 2.38. The van der Waals surface area contributed by atoms with Crippen LogP contribution < -0.4 is 0 Å². The van der Waals surface area contributed by atoms with Crippen LogP contribution in [-0.4, -0.2) is 51.4 Å². The second-order valence-electron chi connectivity index (χ2n) is 6.49. The van der Waals surface area contributed by atoms with E-state index in [9.17, 15) is 9.59 Å². The number of ether oxygens (including phenoxy) is 1. The van der Waals surface area contributed by atoms with Crippen molar-refractivity contribution in [3.8, 4) is 0 Å². The van der Waals surface area contributed by atoms with Gasteiger partial charge < -0.3 is 14.1 Å². The van der Waals surface area contributed by atoms with Gasteiger partial charge in [0, 0.05) is 6.54 Å². The predicted octanol–water partition coefficient (Wildman–Crippen LogP) is 1.78. The van der Waals surface area contributed by atoms with Crippen molar-refractivity contribution >= 4 is 20.2 Å². The number of nitrogens with zero attached hydrogens (tertiary/aromatic N) is 1. The van der Waals surface area contributed by atoms with Gasteiger partial charge in [-0.05, 0) is 24.6 Å². The summed E-state index contributed by atoms with van der Waals surface area (Å²) in [5, 5.41) is 0.0725. The number of amides is 1. The van der Waals surface area contributed by atoms with E-state index in [0.29, 0.717) is 13.0 Å². The van der Waals surface area contributed by atoms with Crippen molar-refractivity contribution in [1.82, 2.24) is 4.90 Å². The zero-order valence-corrected chi connectivity index (χ0v) is 13.8. The van der Waals surface area contributed by atoms with Crippen molar-refractivity contribution < 1.29 is 18.8 Å². The van der Waals surface area contributed by atoms with Gasteiger partial charge in [-0.3, -0.25) is 9.59 Å². The van der Waals surface area contributed by atoms with Crippen molar-refractivity contribution in [3.63, 3.8) is 0 Å².